The third kappa shape index (κ3) is 13.4. The van der Waals surface area contributed by atoms with Crippen molar-refractivity contribution < 1.29 is 0 Å². The highest BCUT2D eigenvalue weighted by Crippen LogP contribution is 2.10. The lowest BCUT2D eigenvalue weighted by Gasteiger charge is -2.00. The Morgan fingerprint density at radius 1 is 0.882 bits per heavy atom. The minimum absolute atomic E-state index is 1.23. The monoisotopic (exact) mass is 235 g/mol. The van der Waals surface area contributed by atoms with E-state index in [0.717, 1.165) is 0 Å². The van der Waals surface area contributed by atoms with Crippen LogP contribution in [0, 0.1) is 6.08 Å². The fourth-order valence-electron chi connectivity index (χ4n) is 1.92. The largest absolute Gasteiger partial charge is 0.0843 e. The molecule has 0 aromatic carbocycles. The van der Waals surface area contributed by atoms with Crippen LogP contribution in [0.15, 0.2) is 17.7 Å². The first-order valence-electron chi connectivity index (χ1n) is 7.49. The molecule has 0 bridgehead atoms. The second-order valence-corrected chi connectivity index (χ2v) is 4.95. The van der Waals surface area contributed by atoms with Gasteiger partial charge in [0.2, 0.25) is 0 Å². The van der Waals surface area contributed by atoms with Gasteiger partial charge in [0.15, 0.2) is 0 Å². The van der Waals surface area contributed by atoms with Crippen LogP contribution in [-0.2, 0) is 0 Å². The van der Waals surface area contributed by atoms with Crippen molar-refractivity contribution in [2.45, 2.75) is 85.0 Å². The van der Waals surface area contributed by atoms with Crippen LogP contribution in [0.1, 0.15) is 85.0 Å². The molecule has 0 saturated carbocycles. The zero-order valence-electron chi connectivity index (χ0n) is 12.2. The lowest BCUT2D eigenvalue weighted by atomic mass is 10.1. The standard InChI is InChI=1S/C17H31/c1-4-6-7-8-9-10-11-12-13-14-15-16-17(3)5-2/h15-16H,4,6-14H2,1-3H3. The fraction of sp³-hybridized carbons (Fsp3) is 0.765. The molecule has 99 valence electrons. The summed E-state index contributed by atoms with van der Waals surface area (Å²) in [5, 5.41) is 0. The fourth-order valence-corrected chi connectivity index (χ4v) is 1.92. The number of hydrogen-bond acceptors (Lipinski definition) is 0. The molecule has 0 heterocycles. The van der Waals surface area contributed by atoms with E-state index in [1.807, 2.05) is 6.92 Å². The normalized spacial score (nSPS) is 12.5. The van der Waals surface area contributed by atoms with Gasteiger partial charge in [-0.15, -0.1) is 0 Å². The molecule has 0 fully saturated rings. The summed E-state index contributed by atoms with van der Waals surface area (Å²) in [6.07, 6.45) is 21.6. The summed E-state index contributed by atoms with van der Waals surface area (Å²) in [6, 6.07) is 0. The summed E-state index contributed by atoms with van der Waals surface area (Å²) in [4.78, 5) is 0. The first-order valence-corrected chi connectivity index (χ1v) is 7.49. The van der Waals surface area contributed by atoms with E-state index in [9.17, 15) is 0 Å². The average Bonchev–Trinajstić information content (AvgIpc) is 2.35. The third-order valence-electron chi connectivity index (χ3n) is 3.24. The molecule has 0 aromatic heterocycles. The molecule has 1 radical (unpaired) electrons. The number of allylic oxidation sites excluding steroid dienone is 4. The van der Waals surface area contributed by atoms with Gasteiger partial charge in [-0.3, -0.25) is 0 Å². The van der Waals surface area contributed by atoms with Gasteiger partial charge >= 0.3 is 0 Å². The van der Waals surface area contributed by atoms with Gasteiger partial charge in [0.25, 0.3) is 0 Å². The molecule has 0 amide bonds. The lowest BCUT2D eigenvalue weighted by Crippen LogP contribution is -1.80. The molecule has 0 atom stereocenters. The Balaban J connectivity index is 3.11. The number of unbranched alkanes of at least 4 members (excludes halogenated alkanes) is 9. The van der Waals surface area contributed by atoms with Gasteiger partial charge in [-0.1, -0.05) is 70.4 Å². The van der Waals surface area contributed by atoms with Crippen LogP contribution in [0.5, 0.6) is 0 Å². The number of rotatable bonds is 11. The van der Waals surface area contributed by atoms with Crippen LogP contribution < -0.4 is 0 Å². The van der Waals surface area contributed by atoms with E-state index in [4.69, 9.17) is 0 Å². The molecule has 0 unspecified atom stereocenters. The van der Waals surface area contributed by atoms with Gasteiger partial charge in [0.05, 0.1) is 0 Å². The van der Waals surface area contributed by atoms with Gasteiger partial charge < -0.3 is 0 Å². The van der Waals surface area contributed by atoms with Crippen LogP contribution in [0.2, 0.25) is 0 Å². The summed E-state index contributed by atoms with van der Waals surface area (Å²) >= 11 is 0. The van der Waals surface area contributed by atoms with Crippen LogP contribution in [0.3, 0.4) is 0 Å². The summed E-state index contributed by atoms with van der Waals surface area (Å²) in [5.74, 6) is 0. The van der Waals surface area contributed by atoms with E-state index in [1.165, 1.54) is 69.8 Å². The van der Waals surface area contributed by atoms with Crippen LogP contribution in [0.25, 0.3) is 0 Å². The quantitative estimate of drug-likeness (QED) is 0.294. The molecule has 17 heavy (non-hydrogen) atoms. The van der Waals surface area contributed by atoms with Crippen molar-refractivity contribution in [3.8, 4) is 0 Å². The lowest BCUT2D eigenvalue weighted by molar-refractivity contribution is 0.566. The first kappa shape index (κ1) is 16.5. The summed E-state index contributed by atoms with van der Waals surface area (Å²) in [5.41, 5.74) is 1.25. The SMILES string of the molecule is C/[C]=C(\C)C=CCCCCCCCCCCC. The van der Waals surface area contributed by atoms with Gasteiger partial charge in [0.1, 0.15) is 0 Å². The topological polar surface area (TPSA) is 0 Å². The van der Waals surface area contributed by atoms with Crippen molar-refractivity contribution in [2.24, 2.45) is 0 Å². The highest BCUT2D eigenvalue weighted by atomic mass is 14.0. The van der Waals surface area contributed by atoms with E-state index in [1.54, 1.807) is 0 Å². The summed E-state index contributed by atoms with van der Waals surface area (Å²) in [6.45, 7) is 6.35. The second kappa shape index (κ2) is 13.5. The van der Waals surface area contributed by atoms with Crippen molar-refractivity contribution in [3.05, 3.63) is 23.8 Å². The minimum Gasteiger partial charge on any atom is -0.0843 e. The Hall–Kier alpha value is -0.520. The highest BCUT2D eigenvalue weighted by molar-refractivity contribution is 5.11. The van der Waals surface area contributed by atoms with E-state index >= 15 is 0 Å². The molecule has 0 aromatic rings. The predicted molar refractivity (Wildman–Crippen MR) is 79.1 cm³/mol. The zero-order chi connectivity index (χ0) is 12.8. The van der Waals surface area contributed by atoms with E-state index < -0.39 is 0 Å². The molecule has 0 aliphatic heterocycles. The van der Waals surface area contributed by atoms with Gasteiger partial charge in [0, 0.05) is 0 Å². The maximum atomic E-state index is 3.13. The Kier molecular flexibility index (Phi) is 13.1. The molecular formula is C17H31. The summed E-state index contributed by atoms with van der Waals surface area (Å²) < 4.78 is 0. The Morgan fingerprint density at radius 3 is 1.94 bits per heavy atom. The smallest absolute Gasteiger partial charge is 0.0348 e. The van der Waals surface area contributed by atoms with Crippen molar-refractivity contribution in [3.63, 3.8) is 0 Å². The maximum absolute atomic E-state index is 3.13. The highest BCUT2D eigenvalue weighted by Gasteiger charge is 1.91. The second-order valence-electron chi connectivity index (χ2n) is 4.95. The van der Waals surface area contributed by atoms with Crippen molar-refractivity contribution >= 4 is 0 Å². The molecule has 0 aliphatic carbocycles. The molecular weight excluding hydrogens is 204 g/mol. The molecule has 0 N–H and O–H groups in total. The molecule has 0 saturated heterocycles. The minimum atomic E-state index is 1.23. The number of hydrogen-bond donors (Lipinski definition) is 0. The Labute approximate surface area is 109 Å². The molecule has 0 nitrogen and oxygen atoms in total. The van der Waals surface area contributed by atoms with E-state index in [0.29, 0.717) is 0 Å². The van der Waals surface area contributed by atoms with Crippen molar-refractivity contribution in [1.82, 2.24) is 0 Å². The van der Waals surface area contributed by atoms with Gasteiger partial charge in [-0.05, 0) is 38.3 Å². The average molecular weight is 235 g/mol. The molecule has 0 heteroatoms. The van der Waals surface area contributed by atoms with Gasteiger partial charge in [-0.2, -0.15) is 0 Å². The molecule has 0 spiro atoms. The van der Waals surface area contributed by atoms with E-state index in [2.05, 4.69) is 32.1 Å². The zero-order valence-corrected chi connectivity index (χ0v) is 12.2. The Bertz CT molecular complexity index is 198. The first-order chi connectivity index (χ1) is 8.31. The molecule has 0 rings (SSSR count). The van der Waals surface area contributed by atoms with E-state index in [-0.39, 0.29) is 0 Å². The van der Waals surface area contributed by atoms with Gasteiger partial charge in [-0.25, -0.2) is 0 Å². The third-order valence-corrected chi connectivity index (χ3v) is 3.24. The van der Waals surface area contributed by atoms with Crippen LogP contribution in [0.4, 0.5) is 0 Å². The molecule has 0 aliphatic rings. The maximum Gasteiger partial charge on any atom is -0.0348 e. The summed E-state index contributed by atoms with van der Waals surface area (Å²) in [7, 11) is 0. The van der Waals surface area contributed by atoms with Crippen LogP contribution in [-0.4, -0.2) is 0 Å². The van der Waals surface area contributed by atoms with Crippen molar-refractivity contribution in [2.75, 3.05) is 0 Å². The van der Waals surface area contributed by atoms with Crippen LogP contribution >= 0.6 is 0 Å². The van der Waals surface area contributed by atoms with Crippen molar-refractivity contribution in [1.29, 1.82) is 0 Å². The predicted octanol–water partition coefficient (Wildman–Crippen LogP) is 6.23. The Morgan fingerprint density at radius 2 is 1.41 bits per heavy atom.